The molecule has 0 saturated heterocycles. The molecule has 0 aliphatic rings. The fourth-order valence-electron chi connectivity index (χ4n) is 4.25. The van der Waals surface area contributed by atoms with Crippen LogP contribution in [-0.2, 0) is 19.7 Å². The molecule has 0 bridgehead atoms. The van der Waals surface area contributed by atoms with Gasteiger partial charge >= 0.3 is 0 Å². The molecule has 0 amide bonds. The highest BCUT2D eigenvalue weighted by atomic mass is 127. The molecule has 0 spiro atoms. The first-order chi connectivity index (χ1) is 16.8. The van der Waals surface area contributed by atoms with Gasteiger partial charge in [0.25, 0.3) is 5.56 Å². The summed E-state index contributed by atoms with van der Waals surface area (Å²) in [5, 5.41) is 13.0. The Bertz CT molecular complexity index is 1680. The van der Waals surface area contributed by atoms with Crippen molar-refractivity contribution < 1.29 is 5.11 Å². The number of aliphatic hydroxyl groups is 1. The third-order valence-electron chi connectivity index (χ3n) is 6.13. The van der Waals surface area contributed by atoms with E-state index in [4.69, 9.17) is 6.42 Å². The van der Waals surface area contributed by atoms with Crippen molar-refractivity contribution in [2.24, 2.45) is 14.1 Å². The predicted octanol–water partition coefficient (Wildman–Crippen LogP) is 3.60. The molecule has 8 heteroatoms. The lowest BCUT2D eigenvalue weighted by molar-refractivity contribution is 0.113. The van der Waals surface area contributed by atoms with Crippen molar-refractivity contribution in [3.05, 3.63) is 110 Å². The fourth-order valence-corrected chi connectivity index (χ4v) is 4.61. The Kier molecular flexibility index (Phi) is 5.75. The van der Waals surface area contributed by atoms with Crippen molar-refractivity contribution in [2.45, 2.75) is 5.60 Å². The minimum absolute atomic E-state index is 0.200. The molecule has 0 fully saturated rings. The van der Waals surface area contributed by atoms with Gasteiger partial charge < -0.3 is 14.2 Å². The summed E-state index contributed by atoms with van der Waals surface area (Å²) in [7, 11) is 3.51. The second-order valence-electron chi connectivity index (χ2n) is 8.20. The summed E-state index contributed by atoms with van der Waals surface area (Å²) in [6.45, 7) is 0. The monoisotopic (exact) mass is 573 g/mol. The topological polar surface area (TPSA) is 85.8 Å². The first-order valence-electron chi connectivity index (χ1n) is 10.7. The molecule has 172 valence electrons. The number of benzene rings is 1. The van der Waals surface area contributed by atoms with Gasteiger partial charge in [-0.1, -0.05) is 24.1 Å². The SMILES string of the molecule is C#Cc1cccc(-c2cc(=O)n(C)c3cnc([C@](O)(c4ccc(I)cc4)c4cncn4C)cc23)n1. The minimum Gasteiger partial charge on any atom is -0.373 e. The van der Waals surface area contributed by atoms with Crippen molar-refractivity contribution in [1.29, 1.82) is 0 Å². The summed E-state index contributed by atoms with van der Waals surface area (Å²) in [5.41, 5.74) is 2.06. The molecule has 7 nitrogen and oxygen atoms in total. The summed E-state index contributed by atoms with van der Waals surface area (Å²) >= 11 is 2.23. The van der Waals surface area contributed by atoms with Gasteiger partial charge in [0, 0.05) is 34.7 Å². The number of hydrogen-bond donors (Lipinski definition) is 1. The predicted molar refractivity (Wildman–Crippen MR) is 143 cm³/mol. The van der Waals surface area contributed by atoms with E-state index in [1.807, 2.05) is 37.4 Å². The third kappa shape index (κ3) is 3.83. The van der Waals surface area contributed by atoms with E-state index in [9.17, 15) is 9.90 Å². The Morgan fingerprint density at radius 2 is 1.86 bits per heavy atom. The van der Waals surface area contributed by atoms with Gasteiger partial charge in [0.1, 0.15) is 5.69 Å². The van der Waals surface area contributed by atoms with Crippen LogP contribution in [0.2, 0.25) is 0 Å². The molecule has 0 saturated carbocycles. The number of aromatic nitrogens is 5. The van der Waals surface area contributed by atoms with Crippen LogP contribution in [0.1, 0.15) is 22.6 Å². The van der Waals surface area contributed by atoms with Gasteiger partial charge in [-0.25, -0.2) is 9.97 Å². The Labute approximate surface area is 215 Å². The van der Waals surface area contributed by atoms with Gasteiger partial charge in [-0.05, 0) is 58.5 Å². The molecule has 0 unspecified atom stereocenters. The van der Waals surface area contributed by atoms with E-state index >= 15 is 0 Å². The van der Waals surface area contributed by atoms with Crippen molar-refractivity contribution in [3.8, 4) is 23.6 Å². The minimum atomic E-state index is -1.59. The largest absolute Gasteiger partial charge is 0.373 e. The Hall–Kier alpha value is -3.81. The van der Waals surface area contributed by atoms with Crippen molar-refractivity contribution in [2.75, 3.05) is 0 Å². The van der Waals surface area contributed by atoms with Crippen molar-refractivity contribution in [3.63, 3.8) is 0 Å². The number of hydrogen-bond acceptors (Lipinski definition) is 5. The Morgan fingerprint density at radius 3 is 2.54 bits per heavy atom. The van der Waals surface area contributed by atoms with Crippen LogP contribution in [-0.4, -0.2) is 29.2 Å². The average molecular weight is 573 g/mol. The lowest BCUT2D eigenvalue weighted by atomic mass is 9.86. The molecule has 4 aromatic heterocycles. The van der Waals surface area contributed by atoms with Crippen molar-refractivity contribution >= 4 is 33.5 Å². The summed E-state index contributed by atoms with van der Waals surface area (Å²) in [4.78, 5) is 26.1. The van der Waals surface area contributed by atoms with E-state index in [0.717, 1.165) is 3.57 Å². The van der Waals surface area contributed by atoms with Crippen LogP contribution >= 0.6 is 22.6 Å². The van der Waals surface area contributed by atoms with Crippen LogP contribution in [0, 0.1) is 15.9 Å². The van der Waals surface area contributed by atoms with Gasteiger partial charge in [0.15, 0.2) is 5.60 Å². The molecule has 5 aromatic rings. The number of halogens is 1. The molecule has 1 N–H and O–H groups in total. The molecule has 35 heavy (non-hydrogen) atoms. The zero-order chi connectivity index (χ0) is 24.7. The van der Waals surface area contributed by atoms with E-state index in [1.165, 1.54) is 10.6 Å². The van der Waals surface area contributed by atoms with E-state index in [2.05, 4.69) is 43.5 Å². The van der Waals surface area contributed by atoms with Gasteiger partial charge in [-0.3, -0.25) is 9.78 Å². The zero-order valence-corrected chi connectivity index (χ0v) is 21.1. The molecular formula is C27H20IN5O2. The zero-order valence-electron chi connectivity index (χ0n) is 19.0. The van der Waals surface area contributed by atoms with E-state index < -0.39 is 5.60 Å². The Balaban J connectivity index is 1.84. The fraction of sp³-hybridized carbons (Fsp3) is 0.111. The van der Waals surface area contributed by atoms with E-state index in [0.29, 0.717) is 44.8 Å². The summed E-state index contributed by atoms with van der Waals surface area (Å²) in [5.74, 6) is 2.54. The maximum absolute atomic E-state index is 12.8. The maximum Gasteiger partial charge on any atom is 0.251 e. The highest BCUT2D eigenvalue weighted by Crippen LogP contribution is 2.37. The van der Waals surface area contributed by atoms with Gasteiger partial charge in [0.05, 0.1) is 41.3 Å². The maximum atomic E-state index is 12.8. The average Bonchev–Trinajstić information content (AvgIpc) is 3.32. The van der Waals surface area contributed by atoms with Crippen molar-refractivity contribution in [1.82, 2.24) is 24.1 Å². The number of terminal acetylenes is 1. The second kappa shape index (κ2) is 8.76. The summed E-state index contributed by atoms with van der Waals surface area (Å²) in [6, 6.07) is 16.3. The number of imidazole rings is 1. The number of nitrogens with zero attached hydrogens (tertiary/aromatic N) is 5. The summed E-state index contributed by atoms with van der Waals surface area (Å²) in [6.07, 6.45) is 10.4. The standard InChI is InChI=1S/C27H20IN5O2/c1-4-19-6-5-7-22(31-19)20-13-26(34)33(3)23-14-30-24(12-21(20)23)27(35,25-15-29-16-32(25)2)17-8-10-18(28)11-9-17/h1,5-16,35H,2-3H3/t27-/m1/s1. The quantitative estimate of drug-likeness (QED) is 0.263. The van der Waals surface area contributed by atoms with Crippen LogP contribution in [0.4, 0.5) is 0 Å². The van der Waals surface area contributed by atoms with Gasteiger partial charge in [-0.15, -0.1) is 6.42 Å². The van der Waals surface area contributed by atoms with Crippen LogP contribution in [0.15, 0.2) is 78.1 Å². The van der Waals surface area contributed by atoms with Crippen LogP contribution in [0.3, 0.4) is 0 Å². The lowest BCUT2D eigenvalue weighted by Crippen LogP contribution is -2.32. The number of aryl methyl sites for hydroxylation is 2. The smallest absolute Gasteiger partial charge is 0.251 e. The Morgan fingerprint density at radius 1 is 1.09 bits per heavy atom. The van der Waals surface area contributed by atoms with E-state index in [1.54, 1.807) is 48.5 Å². The molecule has 0 aliphatic heterocycles. The first kappa shape index (κ1) is 23.0. The normalized spacial score (nSPS) is 12.9. The van der Waals surface area contributed by atoms with Crippen LogP contribution < -0.4 is 5.56 Å². The number of fused-ring (bicyclic) bond motifs is 1. The molecule has 1 aromatic carbocycles. The highest BCUT2D eigenvalue weighted by molar-refractivity contribution is 14.1. The number of pyridine rings is 3. The lowest BCUT2D eigenvalue weighted by Gasteiger charge is -2.29. The molecule has 4 heterocycles. The second-order valence-corrected chi connectivity index (χ2v) is 9.45. The van der Waals surface area contributed by atoms with Gasteiger partial charge in [-0.2, -0.15) is 0 Å². The third-order valence-corrected chi connectivity index (χ3v) is 6.84. The first-order valence-corrected chi connectivity index (χ1v) is 11.8. The molecule has 5 rings (SSSR count). The van der Waals surface area contributed by atoms with Crippen LogP contribution in [0.5, 0.6) is 0 Å². The molecule has 0 aliphatic carbocycles. The molecule has 1 atom stereocenters. The van der Waals surface area contributed by atoms with Gasteiger partial charge in [0.2, 0.25) is 0 Å². The highest BCUT2D eigenvalue weighted by Gasteiger charge is 2.38. The summed E-state index contributed by atoms with van der Waals surface area (Å²) < 4.78 is 4.33. The molecular weight excluding hydrogens is 553 g/mol. The molecule has 0 radical (unpaired) electrons. The number of rotatable bonds is 4. The van der Waals surface area contributed by atoms with E-state index in [-0.39, 0.29) is 5.56 Å². The van der Waals surface area contributed by atoms with Crippen LogP contribution in [0.25, 0.3) is 22.2 Å².